The molecule has 1 aromatic carbocycles. The SMILES string of the molecule is Fc1ccc(CC(=Nc2cccnc2Cl)c2ccncc2)cc1. The van der Waals surface area contributed by atoms with Crippen molar-refractivity contribution in [2.75, 3.05) is 0 Å². The van der Waals surface area contributed by atoms with Crippen LogP contribution in [0.15, 0.2) is 72.1 Å². The highest BCUT2D eigenvalue weighted by Gasteiger charge is 2.08. The molecule has 0 spiro atoms. The van der Waals surface area contributed by atoms with E-state index in [2.05, 4.69) is 15.0 Å². The van der Waals surface area contributed by atoms with Crippen LogP contribution < -0.4 is 0 Å². The number of aliphatic imine (C=N–C) groups is 1. The van der Waals surface area contributed by atoms with Crippen LogP contribution in [0, 0.1) is 5.82 Å². The molecule has 0 amide bonds. The van der Waals surface area contributed by atoms with Crippen molar-refractivity contribution in [2.45, 2.75) is 6.42 Å². The molecule has 3 aromatic rings. The van der Waals surface area contributed by atoms with Gasteiger partial charge in [0.2, 0.25) is 0 Å². The van der Waals surface area contributed by atoms with Gasteiger partial charge in [0.15, 0.2) is 5.15 Å². The van der Waals surface area contributed by atoms with Gasteiger partial charge in [-0.05, 0) is 47.5 Å². The molecule has 0 aliphatic carbocycles. The molecule has 0 aliphatic heterocycles. The maximum absolute atomic E-state index is 13.1. The third-order valence-electron chi connectivity index (χ3n) is 3.29. The van der Waals surface area contributed by atoms with E-state index in [0.717, 1.165) is 16.8 Å². The van der Waals surface area contributed by atoms with E-state index < -0.39 is 0 Å². The van der Waals surface area contributed by atoms with E-state index in [1.165, 1.54) is 12.1 Å². The standard InChI is InChI=1S/C18H13ClFN3/c19-18-16(2-1-9-22-18)23-17(14-7-10-21-11-8-14)12-13-3-5-15(20)6-4-13/h1-11H,12H2. The Labute approximate surface area is 138 Å². The molecule has 2 aromatic heterocycles. The van der Waals surface area contributed by atoms with Crippen LogP contribution in [0.3, 0.4) is 0 Å². The summed E-state index contributed by atoms with van der Waals surface area (Å²) in [4.78, 5) is 12.7. The Kier molecular flexibility index (Phi) is 4.74. The number of rotatable bonds is 4. The number of halogens is 2. The smallest absolute Gasteiger partial charge is 0.154 e. The lowest BCUT2D eigenvalue weighted by Gasteiger charge is -2.08. The van der Waals surface area contributed by atoms with Crippen LogP contribution in [-0.4, -0.2) is 15.7 Å². The predicted octanol–water partition coefficient (Wildman–Crippen LogP) is 4.63. The molecule has 0 saturated heterocycles. The van der Waals surface area contributed by atoms with E-state index in [1.54, 1.807) is 42.9 Å². The first-order valence-corrected chi connectivity index (χ1v) is 7.43. The minimum Gasteiger partial charge on any atom is -0.265 e. The summed E-state index contributed by atoms with van der Waals surface area (Å²) in [6, 6.07) is 13.7. The largest absolute Gasteiger partial charge is 0.265 e. The Bertz CT molecular complexity index is 817. The van der Waals surface area contributed by atoms with Crippen LogP contribution >= 0.6 is 11.6 Å². The summed E-state index contributed by atoms with van der Waals surface area (Å²) < 4.78 is 13.1. The molecule has 0 radical (unpaired) electrons. The summed E-state index contributed by atoms with van der Waals surface area (Å²) in [7, 11) is 0. The van der Waals surface area contributed by atoms with E-state index in [4.69, 9.17) is 11.6 Å². The molecule has 114 valence electrons. The second-order valence-electron chi connectivity index (χ2n) is 4.91. The summed E-state index contributed by atoms with van der Waals surface area (Å²) in [6.07, 6.45) is 5.59. The fraction of sp³-hybridized carbons (Fsp3) is 0.0556. The third-order valence-corrected chi connectivity index (χ3v) is 3.58. The third kappa shape index (κ3) is 3.99. The van der Waals surface area contributed by atoms with E-state index in [-0.39, 0.29) is 5.82 Å². The Morgan fingerprint density at radius 2 is 1.74 bits per heavy atom. The maximum Gasteiger partial charge on any atom is 0.154 e. The normalized spacial score (nSPS) is 11.5. The van der Waals surface area contributed by atoms with Gasteiger partial charge in [-0.3, -0.25) is 4.98 Å². The van der Waals surface area contributed by atoms with Crippen molar-refractivity contribution in [2.24, 2.45) is 4.99 Å². The molecule has 0 aliphatic rings. The number of hydrogen-bond acceptors (Lipinski definition) is 3. The van der Waals surface area contributed by atoms with E-state index >= 15 is 0 Å². The molecule has 3 nitrogen and oxygen atoms in total. The minimum absolute atomic E-state index is 0.258. The highest BCUT2D eigenvalue weighted by atomic mass is 35.5. The van der Waals surface area contributed by atoms with Gasteiger partial charge in [-0.25, -0.2) is 14.4 Å². The van der Waals surface area contributed by atoms with Gasteiger partial charge in [-0.2, -0.15) is 0 Å². The zero-order valence-corrected chi connectivity index (χ0v) is 12.9. The number of aromatic nitrogens is 2. The van der Waals surface area contributed by atoms with Crippen LogP contribution in [0.2, 0.25) is 5.15 Å². The van der Waals surface area contributed by atoms with Gasteiger partial charge in [0.25, 0.3) is 0 Å². The number of benzene rings is 1. The van der Waals surface area contributed by atoms with Crippen molar-refractivity contribution >= 4 is 23.0 Å². The zero-order valence-electron chi connectivity index (χ0n) is 12.2. The Hall–Kier alpha value is -2.59. The quantitative estimate of drug-likeness (QED) is 0.518. The van der Waals surface area contributed by atoms with E-state index in [9.17, 15) is 4.39 Å². The first-order chi connectivity index (χ1) is 11.2. The van der Waals surface area contributed by atoms with Crippen LogP contribution in [0.4, 0.5) is 10.1 Å². The zero-order chi connectivity index (χ0) is 16.1. The molecular formula is C18H13ClFN3. The van der Waals surface area contributed by atoms with Crippen molar-refractivity contribution in [1.82, 2.24) is 9.97 Å². The first-order valence-electron chi connectivity index (χ1n) is 7.05. The van der Waals surface area contributed by atoms with Crippen molar-refractivity contribution in [1.29, 1.82) is 0 Å². The molecule has 0 unspecified atom stereocenters. The van der Waals surface area contributed by atoms with Gasteiger partial charge in [-0.1, -0.05) is 23.7 Å². The molecule has 0 fully saturated rings. The summed E-state index contributed by atoms with van der Waals surface area (Å²) in [5.41, 5.74) is 3.31. The average Bonchev–Trinajstić information content (AvgIpc) is 2.59. The van der Waals surface area contributed by atoms with Crippen molar-refractivity contribution < 1.29 is 4.39 Å². The Balaban J connectivity index is 2.00. The molecule has 3 rings (SSSR count). The lowest BCUT2D eigenvalue weighted by Crippen LogP contribution is -2.05. The highest BCUT2D eigenvalue weighted by Crippen LogP contribution is 2.23. The number of nitrogens with zero attached hydrogens (tertiary/aromatic N) is 3. The molecule has 5 heteroatoms. The van der Waals surface area contributed by atoms with Crippen molar-refractivity contribution in [3.05, 3.63) is 89.2 Å². The highest BCUT2D eigenvalue weighted by molar-refractivity contribution is 6.31. The lowest BCUT2D eigenvalue weighted by atomic mass is 10.0. The summed E-state index contributed by atoms with van der Waals surface area (Å²) in [5.74, 6) is -0.258. The topological polar surface area (TPSA) is 38.1 Å². The van der Waals surface area contributed by atoms with Crippen LogP contribution in [0.25, 0.3) is 0 Å². The molecule has 0 bridgehead atoms. The fourth-order valence-electron chi connectivity index (χ4n) is 2.15. The summed E-state index contributed by atoms with van der Waals surface area (Å²) in [5, 5.41) is 0.346. The molecular weight excluding hydrogens is 313 g/mol. The molecule has 23 heavy (non-hydrogen) atoms. The van der Waals surface area contributed by atoms with E-state index in [1.807, 2.05) is 12.1 Å². The average molecular weight is 326 g/mol. The Morgan fingerprint density at radius 3 is 2.43 bits per heavy atom. The first kappa shape index (κ1) is 15.3. The van der Waals surface area contributed by atoms with Gasteiger partial charge in [0, 0.05) is 25.0 Å². The van der Waals surface area contributed by atoms with Gasteiger partial charge >= 0.3 is 0 Å². The lowest BCUT2D eigenvalue weighted by molar-refractivity contribution is 0.627. The maximum atomic E-state index is 13.1. The van der Waals surface area contributed by atoms with Crippen LogP contribution in [0.5, 0.6) is 0 Å². The van der Waals surface area contributed by atoms with Gasteiger partial charge < -0.3 is 0 Å². The summed E-state index contributed by atoms with van der Waals surface area (Å²) in [6.45, 7) is 0. The molecule has 0 N–H and O–H groups in total. The van der Waals surface area contributed by atoms with Gasteiger partial charge in [0.1, 0.15) is 11.5 Å². The van der Waals surface area contributed by atoms with Crippen molar-refractivity contribution in [3.63, 3.8) is 0 Å². The molecule has 2 heterocycles. The second kappa shape index (κ2) is 7.11. The molecule has 0 atom stereocenters. The fourth-order valence-corrected chi connectivity index (χ4v) is 2.31. The monoisotopic (exact) mass is 325 g/mol. The number of hydrogen-bond donors (Lipinski definition) is 0. The van der Waals surface area contributed by atoms with E-state index in [0.29, 0.717) is 17.3 Å². The van der Waals surface area contributed by atoms with Gasteiger partial charge in [0.05, 0.1) is 5.71 Å². The van der Waals surface area contributed by atoms with Crippen molar-refractivity contribution in [3.8, 4) is 0 Å². The number of pyridine rings is 2. The minimum atomic E-state index is -0.258. The second-order valence-corrected chi connectivity index (χ2v) is 5.27. The molecule has 0 saturated carbocycles. The van der Waals surface area contributed by atoms with Crippen LogP contribution in [0.1, 0.15) is 11.1 Å². The summed E-state index contributed by atoms with van der Waals surface area (Å²) >= 11 is 6.10. The predicted molar refractivity (Wildman–Crippen MR) is 89.8 cm³/mol. The van der Waals surface area contributed by atoms with Gasteiger partial charge in [-0.15, -0.1) is 0 Å². The van der Waals surface area contributed by atoms with Crippen LogP contribution in [-0.2, 0) is 6.42 Å². The Morgan fingerprint density at radius 1 is 1.00 bits per heavy atom.